The summed E-state index contributed by atoms with van der Waals surface area (Å²) in [6, 6.07) is 9.53. The van der Waals surface area contributed by atoms with Crippen LogP contribution in [0.2, 0.25) is 0 Å². The van der Waals surface area contributed by atoms with Crippen LogP contribution in [0.4, 0.5) is 21.5 Å². The number of nitrogens with one attached hydrogen (secondary N) is 2. The number of ketones is 1. The number of likely N-dealkylation sites (tertiary alicyclic amines) is 1. The van der Waals surface area contributed by atoms with Gasteiger partial charge in [-0.2, -0.15) is 0 Å². The Morgan fingerprint density at radius 3 is 2.56 bits per heavy atom. The first-order chi connectivity index (χ1) is 20.7. The summed E-state index contributed by atoms with van der Waals surface area (Å²) in [5.74, 6) is -1.24. The summed E-state index contributed by atoms with van der Waals surface area (Å²) in [7, 11) is 0. The van der Waals surface area contributed by atoms with Gasteiger partial charge in [0.2, 0.25) is 11.8 Å². The SMILES string of the molecule is CCN1Cc2ccc(NC(=O)C3CC(F)CN3C(=O)Cn3cc(C(C)=O)c4cc(Nc5cncnc5)ccc43)cc2C1=O. The van der Waals surface area contributed by atoms with Crippen LogP contribution in [0.5, 0.6) is 0 Å². The molecule has 1 fully saturated rings. The topological polar surface area (TPSA) is 130 Å². The molecule has 2 unspecified atom stereocenters. The minimum absolute atomic E-state index is 0.101. The molecule has 43 heavy (non-hydrogen) atoms. The van der Waals surface area contributed by atoms with Crippen molar-refractivity contribution in [3.05, 3.63) is 78.0 Å². The molecule has 0 bridgehead atoms. The van der Waals surface area contributed by atoms with Crippen LogP contribution in [0.1, 0.15) is 46.5 Å². The first-order valence-electron chi connectivity index (χ1n) is 14.0. The number of hydrogen-bond donors (Lipinski definition) is 2. The van der Waals surface area contributed by atoms with Crippen molar-refractivity contribution in [2.45, 2.75) is 45.6 Å². The van der Waals surface area contributed by atoms with Crippen LogP contribution < -0.4 is 10.6 Å². The Kier molecular flexibility index (Phi) is 7.34. The first kappa shape index (κ1) is 28.0. The number of carbonyl (C=O) groups excluding carboxylic acids is 4. The van der Waals surface area contributed by atoms with E-state index in [0.29, 0.717) is 52.2 Å². The van der Waals surface area contributed by atoms with E-state index in [1.54, 1.807) is 52.3 Å². The van der Waals surface area contributed by atoms with Gasteiger partial charge in [0.1, 0.15) is 25.1 Å². The largest absolute Gasteiger partial charge is 0.353 e. The highest BCUT2D eigenvalue weighted by Gasteiger charge is 2.40. The number of benzene rings is 2. The minimum Gasteiger partial charge on any atom is -0.353 e. The van der Waals surface area contributed by atoms with E-state index in [-0.39, 0.29) is 31.2 Å². The van der Waals surface area contributed by atoms with Crippen molar-refractivity contribution in [2.75, 3.05) is 23.7 Å². The van der Waals surface area contributed by atoms with Gasteiger partial charge in [-0.1, -0.05) is 6.07 Å². The number of hydrogen-bond acceptors (Lipinski definition) is 7. The minimum atomic E-state index is -1.36. The van der Waals surface area contributed by atoms with Crippen molar-refractivity contribution in [3.8, 4) is 0 Å². The molecule has 220 valence electrons. The average Bonchev–Trinajstić information content (AvgIpc) is 3.66. The van der Waals surface area contributed by atoms with Crippen LogP contribution in [0.25, 0.3) is 10.9 Å². The summed E-state index contributed by atoms with van der Waals surface area (Å²) >= 11 is 0. The smallest absolute Gasteiger partial charge is 0.254 e. The molecule has 2 aromatic carbocycles. The molecule has 2 aromatic heterocycles. The molecule has 6 rings (SSSR count). The van der Waals surface area contributed by atoms with Crippen LogP contribution in [0.15, 0.2) is 61.3 Å². The highest BCUT2D eigenvalue weighted by molar-refractivity contribution is 6.08. The van der Waals surface area contributed by atoms with Crippen molar-refractivity contribution in [1.82, 2.24) is 24.3 Å². The van der Waals surface area contributed by atoms with Gasteiger partial charge in [0.25, 0.3) is 5.91 Å². The lowest BCUT2D eigenvalue weighted by Crippen LogP contribution is -2.44. The fraction of sp³-hybridized carbons (Fsp3) is 0.290. The third-order valence-electron chi connectivity index (χ3n) is 7.93. The van der Waals surface area contributed by atoms with Crippen LogP contribution in [-0.4, -0.2) is 73.1 Å². The van der Waals surface area contributed by atoms with Gasteiger partial charge < -0.3 is 25.0 Å². The number of rotatable bonds is 8. The molecular weight excluding hydrogens is 553 g/mol. The third kappa shape index (κ3) is 5.43. The quantitative estimate of drug-likeness (QED) is 0.301. The standard InChI is InChI=1S/C31H30FN7O4/c1-3-37-13-19-4-5-22(9-24(19)31(37)43)36-30(42)28-8-20(32)14-39(28)29(41)16-38-15-26(18(2)40)25-10-21(6-7-27(25)38)35-23-11-33-17-34-12-23/h4-7,9-12,15,17,20,28,35H,3,8,13-14,16H2,1-2H3,(H,36,42). The molecule has 11 nitrogen and oxygen atoms in total. The Labute approximate surface area is 246 Å². The van der Waals surface area contributed by atoms with Gasteiger partial charge >= 0.3 is 0 Å². The van der Waals surface area contributed by atoms with Crippen LogP contribution in [0, 0.1) is 0 Å². The fourth-order valence-corrected chi connectivity index (χ4v) is 5.78. The second-order valence-corrected chi connectivity index (χ2v) is 10.8. The van der Waals surface area contributed by atoms with E-state index >= 15 is 0 Å². The Morgan fingerprint density at radius 2 is 1.81 bits per heavy atom. The fourth-order valence-electron chi connectivity index (χ4n) is 5.78. The summed E-state index contributed by atoms with van der Waals surface area (Å²) in [5, 5.41) is 6.61. The summed E-state index contributed by atoms with van der Waals surface area (Å²) in [6.45, 7) is 4.06. The maximum atomic E-state index is 14.6. The molecule has 0 saturated carbocycles. The number of carbonyl (C=O) groups is 4. The number of fused-ring (bicyclic) bond motifs is 2. The predicted octanol–water partition coefficient (Wildman–Crippen LogP) is 3.93. The van der Waals surface area contributed by atoms with E-state index in [1.807, 2.05) is 19.1 Å². The van der Waals surface area contributed by atoms with Crippen molar-refractivity contribution in [3.63, 3.8) is 0 Å². The molecule has 4 heterocycles. The Balaban J connectivity index is 1.20. The maximum Gasteiger partial charge on any atom is 0.254 e. The molecule has 2 atom stereocenters. The lowest BCUT2D eigenvalue weighted by Gasteiger charge is -2.24. The Bertz CT molecular complexity index is 1760. The van der Waals surface area contributed by atoms with Gasteiger partial charge in [-0.15, -0.1) is 0 Å². The highest BCUT2D eigenvalue weighted by Crippen LogP contribution is 2.30. The van der Waals surface area contributed by atoms with E-state index in [4.69, 9.17) is 0 Å². The predicted molar refractivity (Wildman–Crippen MR) is 158 cm³/mol. The van der Waals surface area contributed by atoms with E-state index in [2.05, 4.69) is 20.6 Å². The number of aromatic nitrogens is 3. The zero-order chi connectivity index (χ0) is 30.2. The van der Waals surface area contributed by atoms with Crippen molar-refractivity contribution < 1.29 is 23.6 Å². The number of alkyl halides is 1. The first-order valence-corrected chi connectivity index (χ1v) is 14.0. The number of nitrogens with zero attached hydrogens (tertiary/aromatic N) is 5. The molecule has 3 amide bonds. The maximum absolute atomic E-state index is 14.6. The second kappa shape index (κ2) is 11.3. The third-order valence-corrected chi connectivity index (χ3v) is 7.93. The number of anilines is 3. The van der Waals surface area contributed by atoms with E-state index in [0.717, 1.165) is 5.56 Å². The lowest BCUT2D eigenvalue weighted by molar-refractivity contribution is -0.137. The van der Waals surface area contributed by atoms with Crippen molar-refractivity contribution in [1.29, 1.82) is 0 Å². The lowest BCUT2D eigenvalue weighted by atomic mass is 10.1. The van der Waals surface area contributed by atoms with Crippen LogP contribution >= 0.6 is 0 Å². The molecule has 0 radical (unpaired) electrons. The van der Waals surface area contributed by atoms with Gasteiger partial charge in [-0.3, -0.25) is 19.2 Å². The molecule has 1 saturated heterocycles. The van der Waals surface area contributed by atoms with Crippen LogP contribution in [-0.2, 0) is 22.7 Å². The molecule has 4 aromatic rings. The summed E-state index contributed by atoms with van der Waals surface area (Å²) in [5.41, 5.74) is 4.29. The zero-order valence-electron chi connectivity index (χ0n) is 23.7. The van der Waals surface area contributed by atoms with E-state index < -0.39 is 24.0 Å². The second-order valence-electron chi connectivity index (χ2n) is 10.8. The van der Waals surface area contributed by atoms with E-state index in [1.165, 1.54) is 18.2 Å². The Hall–Kier alpha value is -5.13. The Morgan fingerprint density at radius 1 is 1.05 bits per heavy atom. The number of amides is 3. The molecule has 2 aliphatic heterocycles. The van der Waals surface area contributed by atoms with Gasteiger partial charge in [0.05, 0.1) is 24.6 Å². The molecule has 2 N–H and O–H groups in total. The molecule has 2 aliphatic rings. The van der Waals surface area contributed by atoms with Gasteiger partial charge in [-0.05, 0) is 49.7 Å². The van der Waals surface area contributed by atoms with Gasteiger partial charge in [0, 0.05) is 59.1 Å². The zero-order valence-corrected chi connectivity index (χ0v) is 23.7. The van der Waals surface area contributed by atoms with E-state index in [9.17, 15) is 23.6 Å². The number of halogens is 1. The van der Waals surface area contributed by atoms with Gasteiger partial charge in [0.15, 0.2) is 5.78 Å². The molecular formula is C31H30FN7O4. The van der Waals surface area contributed by atoms with Gasteiger partial charge in [-0.25, -0.2) is 14.4 Å². The average molecular weight is 584 g/mol. The number of Topliss-reactive ketones (excluding diaryl/α,β-unsaturated/α-hetero) is 1. The summed E-state index contributed by atoms with van der Waals surface area (Å²) in [4.78, 5) is 62.8. The summed E-state index contributed by atoms with van der Waals surface area (Å²) < 4.78 is 16.3. The normalized spacial score (nSPS) is 17.8. The monoisotopic (exact) mass is 583 g/mol. The van der Waals surface area contributed by atoms with Crippen molar-refractivity contribution in [2.24, 2.45) is 0 Å². The summed E-state index contributed by atoms with van der Waals surface area (Å²) in [6.07, 6.45) is 4.79. The van der Waals surface area contributed by atoms with Crippen LogP contribution in [0.3, 0.4) is 0 Å². The highest BCUT2D eigenvalue weighted by atomic mass is 19.1. The van der Waals surface area contributed by atoms with Crippen molar-refractivity contribution >= 4 is 51.5 Å². The molecule has 0 spiro atoms. The molecule has 0 aliphatic carbocycles. The molecule has 12 heteroatoms.